The molecule has 0 heterocycles. The first-order valence-corrected chi connectivity index (χ1v) is 8.44. The van der Waals surface area contributed by atoms with Gasteiger partial charge in [0.2, 0.25) is 0 Å². The molecule has 1 nitrogen and oxygen atoms in total. The van der Waals surface area contributed by atoms with Gasteiger partial charge in [-0.05, 0) is 6.92 Å². The standard InChI is InChI=1S/C4H5N.3ClH.Ru/c1-4(2)3-5;;;;/h1H2,2H3;3*1H;/q;;;;+3/p-3. The summed E-state index contributed by atoms with van der Waals surface area (Å²) < 4.78 is 0. The third-order valence-electron chi connectivity index (χ3n) is 0.191. The molecule has 0 amide bonds. The van der Waals surface area contributed by atoms with E-state index in [9.17, 15) is 0 Å². The fourth-order valence-corrected chi connectivity index (χ4v) is 0. The molecule has 0 saturated carbocycles. The Morgan fingerprint density at radius 3 is 1.67 bits per heavy atom. The van der Waals surface area contributed by atoms with Gasteiger partial charge in [-0.1, -0.05) is 6.58 Å². The van der Waals surface area contributed by atoms with E-state index in [1.807, 2.05) is 6.07 Å². The number of nitriles is 1. The molecule has 0 bridgehead atoms. The predicted octanol–water partition coefficient (Wildman–Crippen LogP) is 3.15. The van der Waals surface area contributed by atoms with Crippen LogP contribution in [0.3, 0.4) is 0 Å². The fourth-order valence-electron chi connectivity index (χ4n) is 0. The van der Waals surface area contributed by atoms with Crippen molar-refractivity contribution in [3.05, 3.63) is 12.2 Å². The Kier molecular flexibility index (Phi) is 12.0. The minimum atomic E-state index is -1.75. The first-order chi connectivity index (χ1) is 4.00. The van der Waals surface area contributed by atoms with Crippen molar-refractivity contribution < 1.29 is 13.0 Å². The van der Waals surface area contributed by atoms with Crippen molar-refractivity contribution in [1.29, 1.82) is 5.26 Å². The van der Waals surface area contributed by atoms with Crippen LogP contribution in [-0.4, -0.2) is 0 Å². The van der Waals surface area contributed by atoms with E-state index in [2.05, 4.69) is 6.58 Å². The molecule has 0 aliphatic heterocycles. The zero-order valence-corrected chi connectivity index (χ0v) is 8.65. The van der Waals surface area contributed by atoms with Gasteiger partial charge in [-0.3, -0.25) is 0 Å². The van der Waals surface area contributed by atoms with E-state index in [0.29, 0.717) is 5.57 Å². The molecule has 0 N–H and O–H groups in total. The van der Waals surface area contributed by atoms with Crippen molar-refractivity contribution in [2.45, 2.75) is 6.92 Å². The van der Waals surface area contributed by atoms with Crippen LogP contribution in [0.4, 0.5) is 0 Å². The van der Waals surface area contributed by atoms with Crippen LogP contribution < -0.4 is 0 Å². The Hall–Kier alpha value is 0.723. The van der Waals surface area contributed by atoms with Gasteiger partial charge in [-0.2, -0.15) is 5.26 Å². The second-order valence-corrected chi connectivity index (χ2v) is 8.96. The second kappa shape index (κ2) is 8.72. The number of rotatable bonds is 0. The van der Waals surface area contributed by atoms with Crippen molar-refractivity contribution >= 4 is 29.1 Å². The molecule has 0 saturated heterocycles. The molecule has 9 heavy (non-hydrogen) atoms. The Labute approximate surface area is 72.2 Å². The van der Waals surface area contributed by atoms with Crippen LogP contribution in [0.5, 0.6) is 0 Å². The Bertz CT molecular complexity index is 115. The summed E-state index contributed by atoms with van der Waals surface area (Å²) in [6.45, 7) is 4.98. The molecule has 0 spiro atoms. The topological polar surface area (TPSA) is 23.8 Å². The molecule has 55 valence electrons. The van der Waals surface area contributed by atoms with Crippen molar-refractivity contribution in [3.8, 4) is 6.07 Å². The Morgan fingerprint density at radius 1 is 1.56 bits per heavy atom. The van der Waals surface area contributed by atoms with E-state index in [1.165, 1.54) is 0 Å². The van der Waals surface area contributed by atoms with Crippen LogP contribution in [0.1, 0.15) is 6.92 Å². The first kappa shape index (κ1) is 12.4. The Balaban J connectivity index is 0. The van der Waals surface area contributed by atoms with Crippen molar-refractivity contribution in [3.63, 3.8) is 0 Å². The van der Waals surface area contributed by atoms with Crippen molar-refractivity contribution in [2.24, 2.45) is 0 Å². The summed E-state index contributed by atoms with van der Waals surface area (Å²) in [4.78, 5) is 0. The van der Waals surface area contributed by atoms with Gasteiger partial charge in [0.05, 0.1) is 6.07 Å². The van der Waals surface area contributed by atoms with Gasteiger partial charge in [0, 0.05) is 5.57 Å². The molecule has 0 aromatic carbocycles. The average molecular weight is 275 g/mol. The molecule has 0 aliphatic carbocycles. The number of hydrogen-bond acceptors (Lipinski definition) is 1. The summed E-state index contributed by atoms with van der Waals surface area (Å²) in [7, 11) is 14.8. The maximum atomic E-state index is 7.79. The molecule has 0 unspecified atom stereocenters. The fraction of sp³-hybridized carbons (Fsp3) is 0.250. The molecular formula is C4H5Cl3NRu. The van der Waals surface area contributed by atoms with Crippen molar-refractivity contribution in [2.75, 3.05) is 0 Å². The van der Waals surface area contributed by atoms with Crippen LogP contribution in [-0.2, 0) is 13.0 Å². The molecule has 0 aliphatic rings. The Morgan fingerprint density at radius 2 is 1.67 bits per heavy atom. The number of nitrogens with zero attached hydrogens (tertiary/aromatic N) is 1. The summed E-state index contributed by atoms with van der Waals surface area (Å²) in [6.07, 6.45) is 0. The molecule has 0 radical (unpaired) electrons. The van der Waals surface area contributed by atoms with E-state index < -0.39 is 13.0 Å². The zero-order valence-electron chi connectivity index (χ0n) is 4.64. The predicted molar refractivity (Wildman–Crippen MR) is 38.0 cm³/mol. The molecule has 5 heteroatoms. The van der Waals surface area contributed by atoms with Gasteiger partial charge in [0.1, 0.15) is 0 Å². The van der Waals surface area contributed by atoms with Crippen molar-refractivity contribution in [1.82, 2.24) is 0 Å². The molecule has 0 aromatic heterocycles. The van der Waals surface area contributed by atoms with Crippen LogP contribution in [0.15, 0.2) is 12.2 Å². The van der Waals surface area contributed by atoms with E-state index in [1.54, 1.807) is 6.92 Å². The number of hydrogen-bond donors (Lipinski definition) is 0. The molecular weight excluding hydrogens is 269 g/mol. The van der Waals surface area contributed by atoms with Gasteiger partial charge in [-0.25, -0.2) is 0 Å². The SMILES string of the molecule is C=C(C)C#N.[Cl][Ru]([Cl])[Cl]. The van der Waals surface area contributed by atoms with Crippen LogP contribution >= 0.6 is 29.1 Å². The van der Waals surface area contributed by atoms with E-state index in [4.69, 9.17) is 34.3 Å². The number of allylic oxidation sites excluding steroid dienone is 1. The van der Waals surface area contributed by atoms with Crippen LogP contribution in [0.2, 0.25) is 0 Å². The van der Waals surface area contributed by atoms with Gasteiger partial charge in [-0.15, -0.1) is 0 Å². The van der Waals surface area contributed by atoms with Gasteiger partial charge >= 0.3 is 42.1 Å². The third-order valence-corrected chi connectivity index (χ3v) is 0.191. The molecule has 0 atom stereocenters. The van der Waals surface area contributed by atoms with Crippen LogP contribution in [0, 0.1) is 11.3 Å². The monoisotopic (exact) mass is 274 g/mol. The molecule has 0 rings (SSSR count). The molecule has 0 fully saturated rings. The summed E-state index contributed by atoms with van der Waals surface area (Å²) in [6, 6.07) is 1.83. The minimum absolute atomic E-state index is 0.560. The maximum absolute atomic E-state index is 7.79. The van der Waals surface area contributed by atoms with E-state index in [0.717, 1.165) is 0 Å². The summed E-state index contributed by atoms with van der Waals surface area (Å²) >= 11 is -1.75. The van der Waals surface area contributed by atoms with E-state index >= 15 is 0 Å². The van der Waals surface area contributed by atoms with E-state index in [-0.39, 0.29) is 0 Å². The van der Waals surface area contributed by atoms with Gasteiger partial charge in [0.15, 0.2) is 0 Å². The van der Waals surface area contributed by atoms with Crippen LogP contribution in [0.25, 0.3) is 0 Å². The quantitative estimate of drug-likeness (QED) is 0.492. The molecule has 0 aromatic rings. The van der Waals surface area contributed by atoms with Gasteiger partial charge in [0.25, 0.3) is 0 Å². The van der Waals surface area contributed by atoms with Gasteiger partial charge < -0.3 is 0 Å². The third kappa shape index (κ3) is 53.2. The summed E-state index contributed by atoms with van der Waals surface area (Å²) in [5.41, 5.74) is 0.560. The second-order valence-electron chi connectivity index (χ2n) is 1.04. The first-order valence-electron chi connectivity index (χ1n) is 1.73. The normalized spacial score (nSPS) is 8.11. The average Bonchev–Trinajstić information content (AvgIpc) is 1.65. The number of halogens is 3. The zero-order chi connectivity index (χ0) is 7.86. The summed E-state index contributed by atoms with van der Waals surface area (Å²) in [5.74, 6) is 0. The summed E-state index contributed by atoms with van der Waals surface area (Å²) in [5, 5.41) is 7.79.